The van der Waals surface area contributed by atoms with Gasteiger partial charge < -0.3 is 5.32 Å². The van der Waals surface area contributed by atoms with Crippen molar-refractivity contribution >= 4 is 23.4 Å². The molecule has 0 spiro atoms. The normalized spacial score (nSPS) is 10.7. The zero-order chi connectivity index (χ0) is 20.9. The number of anilines is 1. The van der Waals surface area contributed by atoms with Crippen LogP contribution in [0.2, 0.25) is 0 Å². The van der Waals surface area contributed by atoms with Crippen molar-refractivity contribution in [1.29, 1.82) is 0 Å². The zero-order valence-corrected chi connectivity index (χ0v) is 16.4. The molecule has 0 saturated heterocycles. The first kappa shape index (κ1) is 19.8. The number of nitrogens with zero attached hydrogens (tertiary/aromatic N) is 3. The summed E-state index contributed by atoms with van der Waals surface area (Å²) in [5, 5.41) is 11.6. The molecule has 0 bridgehead atoms. The first-order valence-corrected chi connectivity index (χ1v) is 10.0. The summed E-state index contributed by atoms with van der Waals surface area (Å²) in [5.74, 6) is -0.457. The average molecular weight is 422 g/mol. The summed E-state index contributed by atoms with van der Waals surface area (Å²) in [6, 6.07) is 21.1. The first-order chi connectivity index (χ1) is 14.6. The Bertz CT molecular complexity index is 1160. The number of halogens is 2. The van der Waals surface area contributed by atoms with Crippen molar-refractivity contribution in [2.24, 2.45) is 0 Å². The molecular weight excluding hydrogens is 406 g/mol. The largest absolute Gasteiger partial charge is 0.325 e. The van der Waals surface area contributed by atoms with Crippen LogP contribution in [-0.2, 0) is 4.79 Å². The van der Waals surface area contributed by atoms with Gasteiger partial charge in [-0.3, -0.25) is 9.36 Å². The number of carbonyl (C=O) groups excluding carboxylic acids is 1. The first-order valence-electron chi connectivity index (χ1n) is 9.05. The van der Waals surface area contributed by atoms with E-state index >= 15 is 0 Å². The van der Waals surface area contributed by atoms with E-state index in [1.54, 1.807) is 22.8 Å². The number of thioether (sulfide) groups is 1. The van der Waals surface area contributed by atoms with Crippen molar-refractivity contribution in [3.63, 3.8) is 0 Å². The highest BCUT2D eigenvalue weighted by Crippen LogP contribution is 2.28. The molecule has 0 saturated carbocycles. The smallest absolute Gasteiger partial charge is 0.234 e. The van der Waals surface area contributed by atoms with Gasteiger partial charge in [0, 0.05) is 16.9 Å². The fourth-order valence-corrected chi connectivity index (χ4v) is 3.61. The fourth-order valence-electron chi connectivity index (χ4n) is 2.85. The van der Waals surface area contributed by atoms with Gasteiger partial charge in [0.1, 0.15) is 11.6 Å². The summed E-state index contributed by atoms with van der Waals surface area (Å²) in [5.41, 5.74) is 1.89. The minimum Gasteiger partial charge on any atom is -0.325 e. The standard InChI is InChI=1S/C22H16F2N4OS/c23-16-9-11-19(12-10-16)28-21(15-5-2-1-3-6-15)26-27-22(28)30-14-20(29)25-18-8-4-7-17(24)13-18/h1-13H,14H2,(H,25,29). The Morgan fingerprint density at radius 3 is 2.40 bits per heavy atom. The zero-order valence-electron chi connectivity index (χ0n) is 15.6. The van der Waals surface area contributed by atoms with Gasteiger partial charge in [0.25, 0.3) is 0 Å². The van der Waals surface area contributed by atoms with Crippen molar-refractivity contribution in [2.75, 3.05) is 11.1 Å². The maximum atomic E-state index is 13.4. The second-order valence-electron chi connectivity index (χ2n) is 6.33. The van der Waals surface area contributed by atoms with Gasteiger partial charge in [0.15, 0.2) is 11.0 Å². The minimum absolute atomic E-state index is 0.0463. The third kappa shape index (κ3) is 4.55. The van der Waals surface area contributed by atoms with E-state index in [0.717, 1.165) is 5.56 Å². The van der Waals surface area contributed by atoms with E-state index in [0.29, 0.717) is 22.4 Å². The molecule has 5 nitrogen and oxygen atoms in total. The van der Waals surface area contributed by atoms with E-state index in [4.69, 9.17) is 0 Å². The summed E-state index contributed by atoms with van der Waals surface area (Å²) in [6.45, 7) is 0. The predicted octanol–water partition coefficient (Wildman–Crippen LogP) is 4.94. The highest BCUT2D eigenvalue weighted by Gasteiger charge is 2.17. The molecule has 30 heavy (non-hydrogen) atoms. The van der Waals surface area contributed by atoms with Crippen LogP contribution in [0.4, 0.5) is 14.5 Å². The van der Waals surface area contributed by atoms with Crippen molar-refractivity contribution < 1.29 is 13.6 Å². The second-order valence-corrected chi connectivity index (χ2v) is 7.27. The van der Waals surface area contributed by atoms with Crippen LogP contribution >= 0.6 is 11.8 Å². The van der Waals surface area contributed by atoms with Crippen LogP contribution in [-0.4, -0.2) is 26.4 Å². The van der Waals surface area contributed by atoms with Crippen molar-refractivity contribution in [3.8, 4) is 17.1 Å². The molecule has 0 aliphatic carbocycles. The number of benzene rings is 3. The Morgan fingerprint density at radius 2 is 1.67 bits per heavy atom. The molecule has 150 valence electrons. The van der Waals surface area contributed by atoms with E-state index in [-0.39, 0.29) is 17.5 Å². The van der Waals surface area contributed by atoms with E-state index < -0.39 is 5.82 Å². The molecule has 1 aromatic heterocycles. The summed E-state index contributed by atoms with van der Waals surface area (Å²) >= 11 is 1.18. The fraction of sp³-hybridized carbons (Fsp3) is 0.0455. The SMILES string of the molecule is O=C(CSc1nnc(-c2ccccc2)n1-c1ccc(F)cc1)Nc1cccc(F)c1. The lowest BCUT2D eigenvalue weighted by Gasteiger charge is -2.10. The van der Waals surface area contributed by atoms with Gasteiger partial charge in [-0.2, -0.15) is 0 Å². The van der Waals surface area contributed by atoms with Gasteiger partial charge in [-0.15, -0.1) is 10.2 Å². The predicted molar refractivity (Wildman–Crippen MR) is 113 cm³/mol. The van der Waals surface area contributed by atoms with Crippen molar-refractivity contribution in [1.82, 2.24) is 14.8 Å². The number of rotatable bonds is 6. The lowest BCUT2D eigenvalue weighted by atomic mass is 10.2. The van der Waals surface area contributed by atoms with Gasteiger partial charge in [-0.25, -0.2) is 8.78 Å². The van der Waals surface area contributed by atoms with Gasteiger partial charge in [0.05, 0.1) is 5.75 Å². The molecule has 0 aliphatic heterocycles. The van der Waals surface area contributed by atoms with E-state index in [2.05, 4.69) is 15.5 Å². The minimum atomic E-state index is -0.427. The topological polar surface area (TPSA) is 59.8 Å². The molecule has 1 N–H and O–H groups in total. The van der Waals surface area contributed by atoms with E-state index in [1.165, 1.54) is 42.1 Å². The summed E-state index contributed by atoms with van der Waals surface area (Å²) in [6.07, 6.45) is 0. The highest BCUT2D eigenvalue weighted by molar-refractivity contribution is 7.99. The van der Waals surface area contributed by atoms with Gasteiger partial charge >= 0.3 is 0 Å². The van der Waals surface area contributed by atoms with Crippen LogP contribution < -0.4 is 5.32 Å². The highest BCUT2D eigenvalue weighted by atomic mass is 32.2. The van der Waals surface area contributed by atoms with E-state index in [9.17, 15) is 13.6 Å². The lowest BCUT2D eigenvalue weighted by Crippen LogP contribution is -2.14. The monoisotopic (exact) mass is 422 g/mol. The van der Waals surface area contributed by atoms with Gasteiger partial charge in [-0.05, 0) is 42.5 Å². The Kier molecular flexibility index (Phi) is 5.85. The third-order valence-corrected chi connectivity index (χ3v) is 5.12. The van der Waals surface area contributed by atoms with Crippen LogP contribution in [0.3, 0.4) is 0 Å². The summed E-state index contributed by atoms with van der Waals surface area (Å²) in [4.78, 5) is 12.3. The molecule has 4 aromatic rings. The maximum Gasteiger partial charge on any atom is 0.234 e. The number of hydrogen-bond donors (Lipinski definition) is 1. The lowest BCUT2D eigenvalue weighted by molar-refractivity contribution is -0.113. The molecule has 3 aromatic carbocycles. The van der Waals surface area contributed by atoms with Gasteiger partial charge in [-0.1, -0.05) is 48.2 Å². The summed E-state index contributed by atoms with van der Waals surface area (Å²) in [7, 11) is 0. The molecule has 0 radical (unpaired) electrons. The van der Waals surface area contributed by atoms with Crippen molar-refractivity contribution in [2.45, 2.75) is 5.16 Å². The molecule has 0 unspecified atom stereocenters. The average Bonchev–Trinajstić information content (AvgIpc) is 3.17. The number of aromatic nitrogens is 3. The molecule has 1 heterocycles. The van der Waals surface area contributed by atoms with Crippen LogP contribution in [0.15, 0.2) is 84.0 Å². The summed E-state index contributed by atoms with van der Waals surface area (Å²) < 4.78 is 28.5. The molecule has 0 atom stereocenters. The Hall–Kier alpha value is -3.52. The molecule has 4 rings (SSSR count). The molecule has 0 aliphatic rings. The number of hydrogen-bond acceptors (Lipinski definition) is 4. The molecule has 1 amide bonds. The Balaban J connectivity index is 1.59. The number of amides is 1. The molecular formula is C22H16F2N4OS. The van der Waals surface area contributed by atoms with Gasteiger partial charge in [0.2, 0.25) is 5.91 Å². The van der Waals surface area contributed by atoms with Crippen LogP contribution in [0.25, 0.3) is 17.1 Å². The molecule has 0 fully saturated rings. The maximum absolute atomic E-state index is 13.4. The second kappa shape index (κ2) is 8.87. The molecule has 8 heteroatoms. The number of nitrogens with one attached hydrogen (secondary N) is 1. The quantitative estimate of drug-likeness (QED) is 0.447. The third-order valence-electron chi connectivity index (χ3n) is 4.19. The Morgan fingerprint density at radius 1 is 0.900 bits per heavy atom. The van der Waals surface area contributed by atoms with Crippen LogP contribution in [0.1, 0.15) is 0 Å². The van der Waals surface area contributed by atoms with Crippen molar-refractivity contribution in [3.05, 3.63) is 90.5 Å². The van der Waals surface area contributed by atoms with Crippen LogP contribution in [0, 0.1) is 11.6 Å². The number of carbonyl (C=O) groups is 1. The van der Waals surface area contributed by atoms with Crippen LogP contribution in [0.5, 0.6) is 0 Å². The Labute approximate surface area is 175 Å². The van der Waals surface area contributed by atoms with E-state index in [1.807, 2.05) is 30.3 Å².